The molecule has 1 aliphatic heterocycles. The Balaban J connectivity index is 2.46. The summed E-state index contributed by atoms with van der Waals surface area (Å²) in [5.74, 6) is 0. The average molecular weight is 352 g/mol. The van der Waals surface area contributed by atoms with Crippen LogP contribution in [0.1, 0.15) is 40.5 Å². The van der Waals surface area contributed by atoms with Gasteiger partial charge in [-0.2, -0.15) is 0 Å². The lowest BCUT2D eigenvalue weighted by Gasteiger charge is -2.54. The van der Waals surface area contributed by atoms with Crippen LogP contribution >= 0.6 is 11.8 Å². The molecule has 0 unspecified atom stereocenters. The Morgan fingerprint density at radius 1 is 1.00 bits per heavy atom. The number of halogens is 1. The molecule has 5 nitrogen and oxygen atoms in total. The number of ether oxygens (including phenoxy) is 2. The highest BCUT2D eigenvalue weighted by Gasteiger charge is 2.49. The van der Waals surface area contributed by atoms with Gasteiger partial charge in [-0.3, -0.25) is 0 Å². The molecule has 0 aromatic rings. The molecule has 0 bridgehead atoms. The first-order valence-corrected chi connectivity index (χ1v) is 8.92. The zero-order valence-electron chi connectivity index (χ0n) is 15.8. The van der Waals surface area contributed by atoms with E-state index in [1.54, 1.807) is 0 Å². The van der Waals surface area contributed by atoms with Crippen LogP contribution in [0.2, 0.25) is 0 Å². The molecule has 0 radical (unpaired) electrons. The van der Waals surface area contributed by atoms with Gasteiger partial charge >= 0.3 is 0 Å². The highest BCUT2D eigenvalue weighted by atomic mass is 35.5. The molecule has 6 heteroatoms. The second-order valence-electron chi connectivity index (χ2n) is 8.42. The van der Waals surface area contributed by atoms with Gasteiger partial charge in [0.1, 0.15) is 6.54 Å². The van der Waals surface area contributed by atoms with E-state index >= 15 is 0 Å². The van der Waals surface area contributed by atoms with E-state index in [4.69, 9.17) is 26.4 Å². The molecule has 1 saturated heterocycles. The first-order chi connectivity index (χ1) is 10.5. The van der Waals surface area contributed by atoms with Crippen molar-refractivity contribution >= 4 is 11.8 Å². The molecule has 138 valence electrons. The van der Waals surface area contributed by atoms with Crippen LogP contribution in [-0.4, -0.2) is 84.8 Å². The number of likely N-dealkylation sites (N-methyl/N-ethyl adjacent to an activating group) is 1. The van der Waals surface area contributed by atoms with E-state index in [0.717, 1.165) is 30.5 Å². The first kappa shape index (κ1) is 21.1. The predicted molar refractivity (Wildman–Crippen MR) is 94.6 cm³/mol. The van der Waals surface area contributed by atoms with Crippen molar-refractivity contribution in [2.45, 2.75) is 57.7 Å². The molecule has 0 atom stereocenters. The van der Waals surface area contributed by atoms with Crippen LogP contribution < -0.4 is 0 Å². The number of hydrogen-bond donors (Lipinski definition) is 1. The normalized spacial score (nSPS) is 22.4. The lowest BCUT2D eigenvalue weighted by molar-refractivity contribution is -0.918. The zero-order valence-corrected chi connectivity index (χ0v) is 16.5. The topological polar surface area (TPSA) is 41.9 Å². The van der Waals surface area contributed by atoms with Crippen molar-refractivity contribution in [1.82, 2.24) is 4.42 Å². The number of aliphatic hydroxyl groups is 1. The molecule has 1 fully saturated rings. The van der Waals surface area contributed by atoms with Gasteiger partial charge in [-0.15, -0.1) is 0 Å². The predicted octanol–water partition coefficient (Wildman–Crippen LogP) is 2.26. The van der Waals surface area contributed by atoms with E-state index in [9.17, 15) is 0 Å². The molecule has 1 rings (SSSR count). The summed E-state index contributed by atoms with van der Waals surface area (Å²) < 4.78 is 13.8. The van der Waals surface area contributed by atoms with Crippen molar-refractivity contribution < 1.29 is 19.1 Å². The van der Waals surface area contributed by atoms with Gasteiger partial charge in [0.25, 0.3) is 0 Å². The highest BCUT2D eigenvalue weighted by molar-refractivity contribution is 6.14. The fourth-order valence-corrected chi connectivity index (χ4v) is 3.71. The summed E-state index contributed by atoms with van der Waals surface area (Å²) >= 11 is 6.57. The molecule has 0 amide bonds. The van der Waals surface area contributed by atoms with E-state index in [1.165, 1.54) is 0 Å². The standard InChI is InChI=1S/C17H36ClN2O3/c1-16(2)13-15(14-17(3,4)19(16)18)20(5,6)7-9-22-11-12-23-10-8-21/h15,21H,7-14H2,1-6H3/q+1. The number of hydrogen-bond acceptors (Lipinski definition) is 4. The van der Waals surface area contributed by atoms with Crippen molar-refractivity contribution in [1.29, 1.82) is 0 Å². The summed E-state index contributed by atoms with van der Waals surface area (Å²) in [6.45, 7) is 12.2. The number of rotatable bonds is 9. The molecular formula is C17H36ClN2O3+. The van der Waals surface area contributed by atoms with Gasteiger partial charge in [0.15, 0.2) is 0 Å². The smallest absolute Gasteiger partial charge is 0.102 e. The van der Waals surface area contributed by atoms with Crippen molar-refractivity contribution in [2.24, 2.45) is 0 Å². The molecule has 1 N–H and O–H groups in total. The largest absolute Gasteiger partial charge is 0.394 e. The highest BCUT2D eigenvalue weighted by Crippen LogP contribution is 2.42. The Morgan fingerprint density at radius 3 is 1.96 bits per heavy atom. The van der Waals surface area contributed by atoms with Crippen LogP contribution in [0.3, 0.4) is 0 Å². The molecule has 23 heavy (non-hydrogen) atoms. The maximum absolute atomic E-state index is 8.64. The zero-order chi connectivity index (χ0) is 17.7. The van der Waals surface area contributed by atoms with Gasteiger partial charge in [0, 0.05) is 23.9 Å². The summed E-state index contributed by atoms with van der Waals surface area (Å²) in [4.78, 5) is 0. The van der Waals surface area contributed by atoms with Crippen LogP contribution in [0.25, 0.3) is 0 Å². The lowest BCUT2D eigenvalue weighted by Crippen LogP contribution is -2.64. The summed E-state index contributed by atoms with van der Waals surface area (Å²) in [5.41, 5.74) is -0.0228. The number of piperidine rings is 1. The van der Waals surface area contributed by atoms with Crippen molar-refractivity contribution in [3.8, 4) is 0 Å². The van der Waals surface area contributed by atoms with Gasteiger partial charge < -0.3 is 19.1 Å². The Bertz CT molecular complexity index is 344. The molecule has 1 heterocycles. The third-order valence-corrected chi connectivity index (χ3v) is 5.86. The Labute approximate surface area is 147 Å². The molecular weight excluding hydrogens is 316 g/mol. The summed E-state index contributed by atoms with van der Waals surface area (Å²) in [6.07, 6.45) is 2.15. The van der Waals surface area contributed by atoms with E-state index in [2.05, 4.69) is 41.8 Å². The van der Waals surface area contributed by atoms with Gasteiger partial charge in [0.05, 0.1) is 53.2 Å². The molecule has 0 saturated carbocycles. The van der Waals surface area contributed by atoms with Gasteiger partial charge in [-0.1, -0.05) is 0 Å². The molecule has 0 aliphatic carbocycles. The second kappa shape index (κ2) is 8.45. The van der Waals surface area contributed by atoms with Crippen LogP contribution in [0, 0.1) is 0 Å². The quantitative estimate of drug-likeness (QED) is 0.393. The maximum Gasteiger partial charge on any atom is 0.102 e. The third-order valence-electron chi connectivity index (χ3n) is 4.94. The Morgan fingerprint density at radius 2 is 1.48 bits per heavy atom. The van der Waals surface area contributed by atoms with Gasteiger partial charge in [-0.25, -0.2) is 4.42 Å². The number of aliphatic hydroxyl groups excluding tert-OH is 1. The summed E-state index contributed by atoms with van der Waals surface area (Å²) in [6, 6.07) is 0.559. The monoisotopic (exact) mass is 351 g/mol. The minimum Gasteiger partial charge on any atom is -0.394 e. The van der Waals surface area contributed by atoms with Crippen LogP contribution in [-0.2, 0) is 9.47 Å². The first-order valence-electron chi connectivity index (χ1n) is 8.58. The van der Waals surface area contributed by atoms with Crippen molar-refractivity contribution in [2.75, 3.05) is 53.7 Å². The molecule has 0 spiro atoms. The minimum absolute atomic E-state index is 0.0114. The molecule has 0 aromatic carbocycles. The number of quaternary nitrogens is 1. The van der Waals surface area contributed by atoms with Crippen LogP contribution in [0.15, 0.2) is 0 Å². The van der Waals surface area contributed by atoms with Crippen LogP contribution in [0.5, 0.6) is 0 Å². The lowest BCUT2D eigenvalue weighted by atomic mass is 9.78. The third kappa shape index (κ3) is 6.15. The Hall–Kier alpha value is 0.0900. The summed E-state index contributed by atoms with van der Waals surface area (Å²) in [5, 5.41) is 8.64. The van der Waals surface area contributed by atoms with E-state index in [1.807, 2.05) is 4.42 Å². The van der Waals surface area contributed by atoms with Crippen LogP contribution in [0.4, 0.5) is 0 Å². The van der Waals surface area contributed by atoms with Crippen molar-refractivity contribution in [3.05, 3.63) is 0 Å². The average Bonchev–Trinajstić information content (AvgIpc) is 2.43. The van der Waals surface area contributed by atoms with Crippen molar-refractivity contribution in [3.63, 3.8) is 0 Å². The van der Waals surface area contributed by atoms with Gasteiger partial charge in [-0.05, 0) is 39.5 Å². The maximum atomic E-state index is 8.64. The second-order valence-corrected chi connectivity index (χ2v) is 8.76. The molecule has 1 aliphatic rings. The Kier molecular flexibility index (Phi) is 7.77. The summed E-state index contributed by atoms with van der Waals surface area (Å²) in [7, 11) is 4.57. The molecule has 0 aromatic heterocycles. The van der Waals surface area contributed by atoms with E-state index < -0.39 is 0 Å². The van der Waals surface area contributed by atoms with E-state index in [-0.39, 0.29) is 17.7 Å². The van der Waals surface area contributed by atoms with Gasteiger partial charge in [0.2, 0.25) is 0 Å². The van der Waals surface area contributed by atoms with E-state index in [0.29, 0.717) is 25.9 Å². The SMILES string of the molecule is CC1(C)CC([N+](C)(C)CCOCCOCCO)CC(C)(C)N1Cl. The number of nitrogens with zero attached hydrogens (tertiary/aromatic N) is 2. The minimum atomic E-state index is -0.0114. The fourth-order valence-electron chi connectivity index (χ4n) is 3.57. The fraction of sp³-hybridized carbons (Fsp3) is 1.00.